The molecule has 0 N–H and O–H groups in total. The second-order valence-corrected chi connectivity index (χ2v) is 7.18. The van der Waals surface area contributed by atoms with E-state index in [0.29, 0.717) is 37.4 Å². The third kappa shape index (κ3) is 5.21. The van der Waals surface area contributed by atoms with Crippen LogP contribution in [-0.4, -0.2) is 58.2 Å². The molecule has 1 aromatic carbocycles. The maximum Gasteiger partial charge on any atom is 0.130 e. The van der Waals surface area contributed by atoms with E-state index in [1.807, 2.05) is 18.5 Å². The third-order valence-corrected chi connectivity index (χ3v) is 4.95. The molecule has 0 amide bonds. The van der Waals surface area contributed by atoms with Gasteiger partial charge in [-0.25, -0.2) is 19.3 Å². The largest absolute Gasteiger partial charge is 0.384 e. The van der Waals surface area contributed by atoms with Gasteiger partial charge < -0.3 is 9.47 Å². The highest BCUT2D eigenvalue weighted by atomic mass is 19.1. The Hall–Kier alpha value is -2.81. The Labute approximate surface area is 174 Å². The summed E-state index contributed by atoms with van der Waals surface area (Å²) in [6.07, 6.45) is 7.60. The zero-order valence-corrected chi connectivity index (χ0v) is 16.9. The average molecular weight is 409 g/mol. The van der Waals surface area contributed by atoms with Crippen LogP contribution in [0, 0.1) is 5.82 Å². The van der Waals surface area contributed by atoms with Crippen LogP contribution in [0.3, 0.4) is 0 Å². The summed E-state index contributed by atoms with van der Waals surface area (Å²) in [5.41, 5.74) is 3.12. The number of ether oxygens (including phenoxy) is 2. The van der Waals surface area contributed by atoms with E-state index in [1.54, 1.807) is 25.6 Å². The number of hydrogen-bond donors (Lipinski definition) is 0. The summed E-state index contributed by atoms with van der Waals surface area (Å²) in [5, 5.41) is 0. The molecule has 1 atom stereocenters. The molecule has 1 unspecified atom stereocenters. The molecule has 1 saturated heterocycles. The maximum atomic E-state index is 13.6. The van der Waals surface area contributed by atoms with Crippen molar-refractivity contribution in [3.05, 3.63) is 72.0 Å². The summed E-state index contributed by atoms with van der Waals surface area (Å²) in [4.78, 5) is 20.1. The number of hydrogen-bond acceptors (Lipinski definition) is 7. The first-order valence-corrected chi connectivity index (χ1v) is 9.92. The molecule has 1 aliphatic rings. The molecule has 0 aliphatic carbocycles. The van der Waals surface area contributed by atoms with Crippen molar-refractivity contribution in [3.8, 4) is 11.3 Å². The molecule has 7 nitrogen and oxygen atoms in total. The monoisotopic (exact) mass is 409 g/mol. The average Bonchev–Trinajstić information content (AvgIpc) is 2.79. The molecule has 1 aliphatic heterocycles. The van der Waals surface area contributed by atoms with Gasteiger partial charge in [-0.05, 0) is 12.1 Å². The van der Waals surface area contributed by atoms with Crippen LogP contribution in [-0.2, 0) is 22.4 Å². The summed E-state index contributed by atoms with van der Waals surface area (Å²) >= 11 is 0. The number of morpholine rings is 1. The first kappa shape index (κ1) is 20.5. The lowest BCUT2D eigenvalue weighted by molar-refractivity contribution is -0.0351. The second kappa shape index (κ2) is 9.80. The van der Waals surface area contributed by atoms with E-state index >= 15 is 0 Å². The van der Waals surface area contributed by atoms with E-state index in [0.717, 1.165) is 30.2 Å². The van der Waals surface area contributed by atoms with Crippen LogP contribution < -0.4 is 0 Å². The van der Waals surface area contributed by atoms with Crippen molar-refractivity contribution in [2.75, 3.05) is 33.4 Å². The van der Waals surface area contributed by atoms with Gasteiger partial charge in [0.05, 0.1) is 37.0 Å². The topological polar surface area (TPSA) is 73.3 Å². The molecular formula is C22H24FN5O2. The molecule has 2 aromatic heterocycles. The minimum atomic E-state index is -0.296. The van der Waals surface area contributed by atoms with Gasteiger partial charge in [0.15, 0.2) is 0 Å². The number of nitrogens with zero attached hydrogens (tertiary/aromatic N) is 5. The van der Waals surface area contributed by atoms with Crippen molar-refractivity contribution in [2.45, 2.75) is 19.1 Å². The molecular weight excluding hydrogens is 385 g/mol. The number of benzene rings is 1. The van der Waals surface area contributed by atoms with Crippen molar-refractivity contribution in [3.63, 3.8) is 0 Å². The van der Waals surface area contributed by atoms with Crippen LogP contribution in [0.1, 0.15) is 23.2 Å². The Morgan fingerprint density at radius 2 is 2.07 bits per heavy atom. The highest BCUT2D eigenvalue weighted by molar-refractivity contribution is 5.58. The molecule has 8 heteroatoms. The Morgan fingerprint density at radius 3 is 2.87 bits per heavy atom. The molecule has 0 bridgehead atoms. The van der Waals surface area contributed by atoms with Gasteiger partial charge in [0, 0.05) is 56.7 Å². The summed E-state index contributed by atoms with van der Waals surface area (Å²) in [7, 11) is 1.67. The standard InChI is InChI=1S/C22H24FN5O2/c1-29-7-5-22-25-10-16(11-26-22)14-28-6-8-30-21(15-28)20-13-24-12-19(27-20)17-3-2-4-18(23)9-17/h2-4,9-13,21H,5-8,14-15H2,1H3. The highest BCUT2D eigenvalue weighted by Gasteiger charge is 2.24. The smallest absolute Gasteiger partial charge is 0.130 e. The lowest BCUT2D eigenvalue weighted by Crippen LogP contribution is -2.38. The predicted molar refractivity (Wildman–Crippen MR) is 109 cm³/mol. The maximum absolute atomic E-state index is 13.6. The van der Waals surface area contributed by atoms with Crippen LogP contribution in [0.15, 0.2) is 49.1 Å². The Bertz CT molecular complexity index is 970. The van der Waals surface area contributed by atoms with Crippen molar-refractivity contribution >= 4 is 0 Å². The number of halogens is 1. The fraction of sp³-hybridized carbons (Fsp3) is 0.364. The highest BCUT2D eigenvalue weighted by Crippen LogP contribution is 2.24. The van der Waals surface area contributed by atoms with Crippen LogP contribution in [0.25, 0.3) is 11.3 Å². The van der Waals surface area contributed by atoms with E-state index in [4.69, 9.17) is 9.47 Å². The van der Waals surface area contributed by atoms with Crippen LogP contribution >= 0.6 is 0 Å². The Kier molecular flexibility index (Phi) is 6.68. The normalized spacial score (nSPS) is 17.2. The summed E-state index contributed by atoms with van der Waals surface area (Å²) in [6.45, 7) is 3.45. The third-order valence-electron chi connectivity index (χ3n) is 4.95. The van der Waals surface area contributed by atoms with Gasteiger partial charge in [0.2, 0.25) is 0 Å². The van der Waals surface area contributed by atoms with E-state index in [-0.39, 0.29) is 11.9 Å². The van der Waals surface area contributed by atoms with Gasteiger partial charge >= 0.3 is 0 Å². The van der Waals surface area contributed by atoms with E-state index < -0.39 is 0 Å². The van der Waals surface area contributed by atoms with Crippen molar-refractivity contribution in [1.82, 2.24) is 24.8 Å². The van der Waals surface area contributed by atoms with Crippen molar-refractivity contribution in [1.29, 1.82) is 0 Å². The van der Waals surface area contributed by atoms with Gasteiger partial charge in [-0.15, -0.1) is 0 Å². The van der Waals surface area contributed by atoms with E-state index in [2.05, 4.69) is 24.8 Å². The lowest BCUT2D eigenvalue weighted by atomic mass is 10.1. The minimum Gasteiger partial charge on any atom is -0.384 e. The van der Waals surface area contributed by atoms with E-state index in [9.17, 15) is 4.39 Å². The quantitative estimate of drug-likeness (QED) is 0.594. The van der Waals surface area contributed by atoms with Crippen LogP contribution in [0.4, 0.5) is 4.39 Å². The first-order valence-electron chi connectivity index (χ1n) is 9.92. The first-order chi connectivity index (χ1) is 14.7. The van der Waals surface area contributed by atoms with Gasteiger partial charge in [0.25, 0.3) is 0 Å². The molecule has 4 rings (SSSR count). The minimum absolute atomic E-state index is 0.193. The van der Waals surface area contributed by atoms with Gasteiger partial charge in [-0.3, -0.25) is 9.88 Å². The molecule has 0 spiro atoms. The van der Waals surface area contributed by atoms with Gasteiger partial charge in [0.1, 0.15) is 17.7 Å². The zero-order valence-electron chi connectivity index (χ0n) is 16.9. The van der Waals surface area contributed by atoms with Gasteiger partial charge in [-0.2, -0.15) is 0 Å². The number of methoxy groups -OCH3 is 1. The van der Waals surface area contributed by atoms with E-state index in [1.165, 1.54) is 12.1 Å². The van der Waals surface area contributed by atoms with Crippen molar-refractivity contribution < 1.29 is 13.9 Å². The zero-order chi connectivity index (χ0) is 20.8. The fourth-order valence-electron chi connectivity index (χ4n) is 3.39. The van der Waals surface area contributed by atoms with Gasteiger partial charge in [-0.1, -0.05) is 12.1 Å². The number of aromatic nitrogens is 4. The fourth-order valence-corrected chi connectivity index (χ4v) is 3.39. The Morgan fingerprint density at radius 1 is 1.20 bits per heavy atom. The Balaban J connectivity index is 1.42. The SMILES string of the molecule is COCCc1ncc(CN2CCOC(c3cncc(-c4cccc(F)c4)n3)C2)cn1. The summed E-state index contributed by atoms with van der Waals surface area (Å²) < 4.78 is 24.6. The summed E-state index contributed by atoms with van der Waals surface area (Å²) in [5.74, 6) is 0.486. The lowest BCUT2D eigenvalue weighted by Gasteiger charge is -2.32. The number of rotatable bonds is 7. The van der Waals surface area contributed by atoms with Crippen LogP contribution in [0.5, 0.6) is 0 Å². The molecule has 30 heavy (non-hydrogen) atoms. The molecule has 0 radical (unpaired) electrons. The molecule has 3 heterocycles. The van der Waals surface area contributed by atoms with Crippen LogP contribution in [0.2, 0.25) is 0 Å². The second-order valence-electron chi connectivity index (χ2n) is 7.18. The molecule has 1 fully saturated rings. The van der Waals surface area contributed by atoms with Crippen molar-refractivity contribution in [2.24, 2.45) is 0 Å². The molecule has 156 valence electrons. The molecule has 3 aromatic rings. The summed E-state index contributed by atoms with van der Waals surface area (Å²) in [6, 6.07) is 6.36. The predicted octanol–water partition coefficient (Wildman–Crippen LogP) is 2.84. The molecule has 0 saturated carbocycles.